The average Bonchev–Trinajstić information content (AvgIpc) is 2.45. The summed E-state index contributed by atoms with van der Waals surface area (Å²) in [6.45, 7) is 5.46. The van der Waals surface area contributed by atoms with Crippen LogP contribution in [-0.2, 0) is 10.2 Å². The fraction of sp³-hybridized carbons (Fsp3) is 0.294. The predicted molar refractivity (Wildman–Crippen MR) is 86.5 cm³/mol. The van der Waals surface area contributed by atoms with Gasteiger partial charge in [-0.2, -0.15) is 0 Å². The number of nitrogens with zero attached hydrogens (tertiary/aromatic N) is 1. The highest BCUT2D eigenvalue weighted by atomic mass is 35.5. The molecule has 0 aliphatic carbocycles. The first-order chi connectivity index (χ1) is 10.3. The van der Waals surface area contributed by atoms with Crippen molar-refractivity contribution in [2.45, 2.75) is 26.2 Å². The molecule has 0 radical (unpaired) electrons. The number of hydrogen-bond donors (Lipinski definition) is 1. The highest BCUT2D eigenvalue weighted by molar-refractivity contribution is 6.29. The SMILES string of the molecule is CNC(=O)C(C)(C)c1cnc(Cl)cc1-c1ccc(F)cc1C. The lowest BCUT2D eigenvalue weighted by atomic mass is 9.80. The molecule has 0 unspecified atom stereocenters. The van der Waals surface area contributed by atoms with Crippen LogP contribution in [-0.4, -0.2) is 17.9 Å². The van der Waals surface area contributed by atoms with Gasteiger partial charge in [0.05, 0.1) is 5.41 Å². The molecule has 0 fully saturated rings. The van der Waals surface area contributed by atoms with Gasteiger partial charge in [0, 0.05) is 13.2 Å². The van der Waals surface area contributed by atoms with Gasteiger partial charge in [0.1, 0.15) is 11.0 Å². The van der Waals surface area contributed by atoms with Gasteiger partial charge in [-0.25, -0.2) is 9.37 Å². The number of amides is 1. The third kappa shape index (κ3) is 2.97. The van der Waals surface area contributed by atoms with Crippen molar-refractivity contribution in [2.75, 3.05) is 7.05 Å². The fourth-order valence-electron chi connectivity index (χ4n) is 2.51. The van der Waals surface area contributed by atoms with Crippen LogP contribution in [0.3, 0.4) is 0 Å². The second-order valence-electron chi connectivity index (χ2n) is 5.72. The van der Waals surface area contributed by atoms with Crippen LogP contribution < -0.4 is 5.32 Å². The Morgan fingerprint density at radius 2 is 1.95 bits per heavy atom. The molecule has 0 saturated heterocycles. The minimum Gasteiger partial charge on any atom is -0.358 e. The number of rotatable bonds is 3. The quantitative estimate of drug-likeness (QED) is 0.872. The Morgan fingerprint density at radius 3 is 2.55 bits per heavy atom. The molecule has 0 spiro atoms. The summed E-state index contributed by atoms with van der Waals surface area (Å²) in [6, 6.07) is 6.26. The minimum absolute atomic E-state index is 0.127. The van der Waals surface area contributed by atoms with E-state index in [2.05, 4.69) is 10.3 Å². The topological polar surface area (TPSA) is 42.0 Å². The first kappa shape index (κ1) is 16.4. The van der Waals surface area contributed by atoms with E-state index in [1.165, 1.54) is 12.1 Å². The second-order valence-corrected chi connectivity index (χ2v) is 6.10. The molecular weight excluding hydrogens is 303 g/mol. The molecule has 0 aliphatic heterocycles. The average molecular weight is 321 g/mol. The van der Waals surface area contributed by atoms with Crippen molar-refractivity contribution in [1.29, 1.82) is 0 Å². The Kier molecular flexibility index (Phi) is 4.52. The summed E-state index contributed by atoms with van der Waals surface area (Å²) in [5.74, 6) is -0.425. The molecule has 1 amide bonds. The molecule has 0 saturated carbocycles. The van der Waals surface area contributed by atoms with Crippen molar-refractivity contribution in [2.24, 2.45) is 0 Å². The largest absolute Gasteiger partial charge is 0.358 e. The van der Waals surface area contributed by atoms with Crippen molar-refractivity contribution in [3.63, 3.8) is 0 Å². The standard InChI is InChI=1S/C17H18ClFN2O/c1-10-7-11(19)5-6-12(10)13-8-15(18)21-9-14(13)17(2,3)16(22)20-4/h5-9H,1-4H3,(H,20,22). The highest BCUT2D eigenvalue weighted by Crippen LogP contribution is 2.36. The Bertz CT molecular complexity index is 729. The van der Waals surface area contributed by atoms with E-state index in [1.54, 1.807) is 25.4 Å². The van der Waals surface area contributed by atoms with Gasteiger partial charge in [-0.15, -0.1) is 0 Å². The maximum atomic E-state index is 13.4. The summed E-state index contributed by atoms with van der Waals surface area (Å²) in [4.78, 5) is 16.3. The van der Waals surface area contributed by atoms with Gasteiger partial charge in [0.15, 0.2) is 0 Å². The molecule has 1 heterocycles. The van der Waals surface area contributed by atoms with E-state index >= 15 is 0 Å². The van der Waals surface area contributed by atoms with Crippen molar-refractivity contribution in [1.82, 2.24) is 10.3 Å². The van der Waals surface area contributed by atoms with Gasteiger partial charge >= 0.3 is 0 Å². The van der Waals surface area contributed by atoms with Crippen LogP contribution in [0.25, 0.3) is 11.1 Å². The number of aromatic nitrogens is 1. The molecular formula is C17H18ClFN2O. The lowest BCUT2D eigenvalue weighted by molar-refractivity contribution is -0.125. The zero-order chi connectivity index (χ0) is 16.5. The lowest BCUT2D eigenvalue weighted by Gasteiger charge is -2.26. The van der Waals surface area contributed by atoms with Gasteiger partial charge in [0.25, 0.3) is 0 Å². The number of carbonyl (C=O) groups excluding carboxylic acids is 1. The Hall–Kier alpha value is -1.94. The van der Waals surface area contributed by atoms with Crippen LogP contribution in [0.1, 0.15) is 25.0 Å². The smallest absolute Gasteiger partial charge is 0.229 e. The summed E-state index contributed by atoms with van der Waals surface area (Å²) in [5.41, 5.74) is 2.34. The normalized spacial score (nSPS) is 11.4. The number of aryl methyl sites for hydroxylation is 1. The first-order valence-electron chi connectivity index (χ1n) is 6.92. The molecule has 0 atom stereocenters. The summed E-state index contributed by atoms with van der Waals surface area (Å²) >= 11 is 6.03. The number of benzene rings is 1. The molecule has 3 nitrogen and oxygen atoms in total. The number of hydrogen-bond acceptors (Lipinski definition) is 2. The van der Waals surface area contributed by atoms with Crippen molar-refractivity contribution in [3.8, 4) is 11.1 Å². The molecule has 1 N–H and O–H groups in total. The van der Waals surface area contributed by atoms with E-state index in [4.69, 9.17) is 11.6 Å². The lowest BCUT2D eigenvalue weighted by Crippen LogP contribution is -2.38. The van der Waals surface area contributed by atoms with Crippen molar-refractivity contribution < 1.29 is 9.18 Å². The van der Waals surface area contributed by atoms with Gasteiger partial charge in [-0.3, -0.25) is 4.79 Å². The Morgan fingerprint density at radius 1 is 1.27 bits per heavy atom. The molecule has 116 valence electrons. The molecule has 1 aromatic carbocycles. The number of likely N-dealkylation sites (N-methyl/N-ethyl adjacent to an activating group) is 1. The molecule has 5 heteroatoms. The third-order valence-corrected chi connectivity index (χ3v) is 4.02. The van der Waals surface area contributed by atoms with Gasteiger partial charge in [-0.05, 0) is 61.2 Å². The van der Waals surface area contributed by atoms with Crippen molar-refractivity contribution >= 4 is 17.5 Å². The first-order valence-corrected chi connectivity index (χ1v) is 7.30. The molecule has 2 rings (SSSR count). The van der Waals surface area contributed by atoms with Crippen LogP contribution in [0.15, 0.2) is 30.5 Å². The molecule has 1 aromatic heterocycles. The number of nitrogens with one attached hydrogen (secondary N) is 1. The van der Waals surface area contributed by atoms with E-state index in [9.17, 15) is 9.18 Å². The van der Waals surface area contributed by atoms with Crippen LogP contribution in [0, 0.1) is 12.7 Å². The highest BCUT2D eigenvalue weighted by Gasteiger charge is 2.32. The summed E-state index contributed by atoms with van der Waals surface area (Å²) in [5, 5.41) is 2.99. The molecule has 2 aromatic rings. The van der Waals surface area contributed by atoms with E-state index < -0.39 is 5.41 Å². The number of carbonyl (C=O) groups is 1. The van der Waals surface area contributed by atoms with E-state index in [-0.39, 0.29) is 11.7 Å². The van der Waals surface area contributed by atoms with Gasteiger partial charge in [-0.1, -0.05) is 17.7 Å². The van der Waals surface area contributed by atoms with Crippen molar-refractivity contribution in [3.05, 3.63) is 52.6 Å². The van der Waals surface area contributed by atoms with E-state index in [1.807, 2.05) is 20.8 Å². The summed E-state index contributed by atoms with van der Waals surface area (Å²) in [7, 11) is 1.59. The monoisotopic (exact) mass is 320 g/mol. The zero-order valence-electron chi connectivity index (χ0n) is 13.0. The minimum atomic E-state index is -0.789. The summed E-state index contributed by atoms with van der Waals surface area (Å²) < 4.78 is 13.4. The zero-order valence-corrected chi connectivity index (χ0v) is 13.8. The van der Waals surface area contributed by atoms with Crippen LogP contribution in [0.2, 0.25) is 5.15 Å². The Balaban J connectivity index is 2.70. The summed E-state index contributed by atoms with van der Waals surface area (Å²) in [6.07, 6.45) is 1.61. The van der Waals surface area contributed by atoms with E-state index in [0.717, 1.165) is 22.3 Å². The van der Waals surface area contributed by atoms with Crippen LogP contribution in [0.5, 0.6) is 0 Å². The number of pyridine rings is 1. The van der Waals surface area contributed by atoms with Gasteiger partial charge < -0.3 is 5.32 Å². The maximum Gasteiger partial charge on any atom is 0.229 e. The fourth-order valence-corrected chi connectivity index (χ4v) is 2.67. The molecule has 0 aliphatic rings. The number of halogens is 2. The van der Waals surface area contributed by atoms with Crippen LogP contribution >= 0.6 is 11.6 Å². The molecule has 22 heavy (non-hydrogen) atoms. The van der Waals surface area contributed by atoms with Crippen LogP contribution in [0.4, 0.5) is 4.39 Å². The predicted octanol–water partition coefficient (Wildman–Crippen LogP) is 3.87. The Labute approximate surface area is 134 Å². The van der Waals surface area contributed by atoms with E-state index in [0.29, 0.717) is 5.15 Å². The molecule has 0 bridgehead atoms. The van der Waals surface area contributed by atoms with Gasteiger partial charge in [0.2, 0.25) is 5.91 Å². The third-order valence-electron chi connectivity index (χ3n) is 3.82. The maximum absolute atomic E-state index is 13.4. The second kappa shape index (κ2) is 6.05.